The lowest BCUT2D eigenvalue weighted by Gasteiger charge is -2.14. The van der Waals surface area contributed by atoms with Crippen molar-refractivity contribution in [1.82, 2.24) is 4.72 Å². The second-order valence-corrected chi connectivity index (χ2v) is 7.61. The predicted molar refractivity (Wildman–Crippen MR) is 92.5 cm³/mol. The summed E-state index contributed by atoms with van der Waals surface area (Å²) in [7, 11) is -2.13. The number of nitrogens with one attached hydrogen (secondary N) is 1. The maximum atomic E-state index is 13.2. The van der Waals surface area contributed by atoms with E-state index >= 15 is 0 Å². The number of halogens is 2. The van der Waals surface area contributed by atoms with Crippen molar-refractivity contribution >= 4 is 21.6 Å². The Labute approximate surface area is 146 Å². The smallest absolute Gasteiger partial charge is 0.240 e. The molecular weight excluding hydrogens is 353 g/mol. The number of rotatable bonds is 7. The van der Waals surface area contributed by atoms with Crippen LogP contribution >= 0.6 is 11.6 Å². The fraction of sp³-hybridized carbons (Fsp3) is 0.294. The largest absolute Gasteiger partial charge is 0.497 e. The maximum absolute atomic E-state index is 13.2. The predicted octanol–water partition coefficient (Wildman–Crippen LogP) is 3.79. The van der Waals surface area contributed by atoms with E-state index in [-0.39, 0.29) is 16.0 Å². The molecule has 0 radical (unpaired) electrons. The van der Waals surface area contributed by atoms with Crippen molar-refractivity contribution in [3.05, 3.63) is 58.9 Å². The molecule has 0 spiro atoms. The molecule has 0 aliphatic rings. The van der Waals surface area contributed by atoms with Crippen molar-refractivity contribution in [1.29, 1.82) is 0 Å². The molecule has 1 unspecified atom stereocenters. The van der Waals surface area contributed by atoms with Crippen LogP contribution in [0.3, 0.4) is 0 Å². The number of hydrogen-bond donors (Lipinski definition) is 1. The second kappa shape index (κ2) is 7.96. The van der Waals surface area contributed by atoms with Crippen LogP contribution in [0, 0.1) is 5.82 Å². The molecule has 2 aromatic rings. The molecule has 0 heterocycles. The van der Waals surface area contributed by atoms with Crippen molar-refractivity contribution in [2.75, 3.05) is 7.11 Å². The van der Waals surface area contributed by atoms with Gasteiger partial charge >= 0.3 is 0 Å². The third-order valence-corrected chi connectivity index (χ3v) is 5.46. The van der Waals surface area contributed by atoms with E-state index in [0.717, 1.165) is 29.9 Å². The zero-order valence-electron chi connectivity index (χ0n) is 13.4. The average Bonchev–Trinajstić information content (AvgIpc) is 2.55. The SMILES string of the molecule is COc1ccc(CCC(C)NS(=O)(=O)c2ccc(F)c(Cl)c2)cc1. The van der Waals surface area contributed by atoms with Crippen molar-refractivity contribution in [3.8, 4) is 5.75 Å². The van der Waals surface area contributed by atoms with E-state index in [2.05, 4.69) is 4.72 Å². The van der Waals surface area contributed by atoms with Gasteiger partial charge in [0.25, 0.3) is 0 Å². The third kappa shape index (κ3) is 4.93. The maximum Gasteiger partial charge on any atom is 0.240 e. The third-order valence-electron chi connectivity index (χ3n) is 3.58. The second-order valence-electron chi connectivity index (χ2n) is 5.49. The Bertz CT molecular complexity index is 794. The van der Waals surface area contributed by atoms with Crippen molar-refractivity contribution in [2.45, 2.75) is 30.7 Å². The van der Waals surface area contributed by atoms with E-state index in [4.69, 9.17) is 16.3 Å². The van der Waals surface area contributed by atoms with Crippen LogP contribution in [0.4, 0.5) is 4.39 Å². The van der Waals surface area contributed by atoms with Gasteiger partial charge < -0.3 is 4.74 Å². The summed E-state index contributed by atoms with van der Waals surface area (Å²) in [5, 5.41) is -0.219. The van der Waals surface area contributed by atoms with Crippen molar-refractivity contribution in [3.63, 3.8) is 0 Å². The Morgan fingerprint density at radius 3 is 2.46 bits per heavy atom. The van der Waals surface area contributed by atoms with Crippen molar-refractivity contribution in [2.24, 2.45) is 0 Å². The lowest BCUT2D eigenvalue weighted by molar-refractivity contribution is 0.414. The number of hydrogen-bond acceptors (Lipinski definition) is 3. The Morgan fingerprint density at radius 2 is 1.88 bits per heavy atom. The minimum absolute atomic E-state index is 0.0507. The van der Waals surface area contributed by atoms with Gasteiger partial charge in [0.15, 0.2) is 0 Å². The first kappa shape index (κ1) is 18.7. The highest BCUT2D eigenvalue weighted by atomic mass is 35.5. The Morgan fingerprint density at radius 1 is 1.21 bits per heavy atom. The van der Waals surface area contributed by atoms with Crippen LogP contribution in [0.5, 0.6) is 5.75 Å². The Balaban J connectivity index is 1.97. The van der Waals surface area contributed by atoms with Gasteiger partial charge in [0.2, 0.25) is 10.0 Å². The fourth-order valence-corrected chi connectivity index (χ4v) is 3.76. The summed E-state index contributed by atoms with van der Waals surface area (Å²) >= 11 is 5.64. The van der Waals surface area contributed by atoms with Crippen LogP contribution in [-0.4, -0.2) is 21.6 Å². The quantitative estimate of drug-likeness (QED) is 0.805. The summed E-state index contributed by atoms with van der Waals surface area (Å²) in [6, 6.07) is 10.7. The molecule has 7 heteroatoms. The van der Waals surface area contributed by atoms with E-state index in [1.54, 1.807) is 14.0 Å². The lowest BCUT2D eigenvalue weighted by atomic mass is 10.1. The van der Waals surface area contributed by atoms with Crippen LogP contribution in [0.15, 0.2) is 47.4 Å². The zero-order chi connectivity index (χ0) is 17.7. The molecule has 0 bridgehead atoms. The summed E-state index contributed by atoms with van der Waals surface area (Å²) in [6.07, 6.45) is 1.35. The number of aryl methyl sites for hydroxylation is 1. The summed E-state index contributed by atoms with van der Waals surface area (Å²) < 4.78 is 45.4. The van der Waals surface area contributed by atoms with Gasteiger partial charge in [0.05, 0.1) is 17.0 Å². The molecule has 0 saturated heterocycles. The average molecular weight is 372 g/mol. The van der Waals surface area contributed by atoms with E-state index < -0.39 is 15.8 Å². The summed E-state index contributed by atoms with van der Waals surface area (Å²) in [4.78, 5) is -0.0507. The molecule has 2 aromatic carbocycles. The fourth-order valence-electron chi connectivity index (χ4n) is 2.21. The molecule has 0 aromatic heterocycles. The minimum atomic E-state index is -3.73. The highest BCUT2D eigenvalue weighted by Crippen LogP contribution is 2.20. The summed E-state index contributed by atoms with van der Waals surface area (Å²) in [5.74, 6) is 0.129. The molecule has 130 valence electrons. The summed E-state index contributed by atoms with van der Waals surface area (Å²) in [5.41, 5.74) is 1.09. The van der Waals surface area contributed by atoms with Crippen molar-refractivity contribution < 1.29 is 17.5 Å². The van der Waals surface area contributed by atoms with Crippen LogP contribution in [0.1, 0.15) is 18.9 Å². The zero-order valence-corrected chi connectivity index (χ0v) is 15.0. The molecule has 0 amide bonds. The molecule has 1 N–H and O–H groups in total. The molecule has 0 saturated carbocycles. The molecule has 1 atom stereocenters. The first-order valence-corrected chi connectivity index (χ1v) is 9.28. The van der Waals surface area contributed by atoms with Gasteiger partial charge in [-0.25, -0.2) is 17.5 Å². The number of ether oxygens (including phenoxy) is 1. The highest BCUT2D eigenvalue weighted by molar-refractivity contribution is 7.89. The van der Waals surface area contributed by atoms with Gasteiger partial charge in [-0.05, 0) is 55.7 Å². The molecule has 0 aliphatic heterocycles. The first-order valence-electron chi connectivity index (χ1n) is 7.42. The van der Waals surface area contributed by atoms with Gasteiger partial charge in [0, 0.05) is 6.04 Å². The van der Waals surface area contributed by atoms with Gasteiger partial charge in [-0.15, -0.1) is 0 Å². The molecule has 4 nitrogen and oxygen atoms in total. The van der Waals surface area contributed by atoms with Crippen LogP contribution in [-0.2, 0) is 16.4 Å². The molecule has 2 rings (SSSR count). The van der Waals surface area contributed by atoms with Gasteiger partial charge in [0.1, 0.15) is 11.6 Å². The number of methoxy groups -OCH3 is 1. The molecular formula is C17H19ClFNO3S. The summed E-state index contributed by atoms with van der Waals surface area (Å²) in [6.45, 7) is 1.78. The number of benzene rings is 2. The van der Waals surface area contributed by atoms with Crippen LogP contribution in [0.25, 0.3) is 0 Å². The van der Waals surface area contributed by atoms with Gasteiger partial charge in [-0.1, -0.05) is 23.7 Å². The topological polar surface area (TPSA) is 55.4 Å². The number of sulfonamides is 1. The van der Waals surface area contributed by atoms with Crippen LogP contribution < -0.4 is 9.46 Å². The van der Waals surface area contributed by atoms with Gasteiger partial charge in [-0.3, -0.25) is 0 Å². The Hall–Kier alpha value is -1.63. The Kier molecular flexibility index (Phi) is 6.21. The highest BCUT2D eigenvalue weighted by Gasteiger charge is 2.18. The molecule has 0 fully saturated rings. The molecule has 0 aliphatic carbocycles. The normalized spacial score (nSPS) is 12.8. The van der Waals surface area contributed by atoms with Gasteiger partial charge in [-0.2, -0.15) is 0 Å². The van der Waals surface area contributed by atoms with Crippen LogP contribution in [0.2, 0.25) is 5.02 Å². The lowest BCUT2D eigenvalue weighted by Crippen LogP contribution is -2.33. The van der Waals surface area contributed by atoms with E-state index in [1.807, 2.05) is 24.3 Å². The monoisotopic (exact) mass is 371 g/mol. The van der Waals surface area contributed by atoms with E-state index in [0.29, 0.717) is 6.42 Å². The van der Waals surface area contributed by atoms with E-state index in [1.165, 1.54) is 6.07 Å². The molecule has 24 heavy (non-hydrogen) atoms. The minimum Gasteiger partial charge on any atom is -0.497 e. The standard InChI is InChI=1S/C17H19ClFNO3S/c1-12(3-4-13-5-7-14(23-2)8-6-13)20-24(21,22)15-9-10-17(19)16(18)11-15/h5-12,20H,3-4H2,1-2H3. The van der Waals surface area contributed by atoms with E-state index in [9.17, 15) is 12.8 Å². The first-order chi connectivity index (χ1) is 11.3.